The third-order valence-electron chi connectivity index (χ3n) is 2.56. The molecule has 0 heterocycles. The molecule has 0 aliphatic rings. The number of carboxylic acid groups (broad SMARTS) is 1. The number of nitrogens with one attached hydrogen (secondary N) is 1. The largest absolute Gasteiger partial charge is 0.495 e. The van der Waals surface area contributed by atoms with Crippen molar-refractivity contribution in [2.24, 2.45) is 5.73 Å². The molecule has 0 aliphatic heterocycles. The van der Waals surface area contributed by atoms with E-state index in [-0.39, 0.29) is 22.6 Å². The number of methoxy groups -OCH3 is 1. The van der Waals surface area contributed by atoms with Crippen LogP contribution in [0, 0.1) is 0 Å². The zero-order valence-corrected chi connectivity index (χ0v) is 12.3. The Bertz CT molecular complexity index is 656. The van der Waals surface area contributed by atoms with Crippen molar-refractivity contribution in [3.63, 3.8) is 0 Å². The lowest BCUT2D eigenvalue weighted by Gasteiger charge is -2.15. The van der Waals surface area contributed by atoms with Crippen molar-refractivity contribution in [2.45, 2.75) is 24.3 Å². The van der Waals surface area contributed by atoms with Crippen molar-refractivity contribution in [3.8, 4) is 5.75 Å². The average Bonchev–Trinajstić information content (AvgIpc) is 2.36. The first-order valence-corrected chi connectivity index (χ1v) is 7.37. The summed E-state index contributed by atoms with van der Waals surface area (Å²) in [5.74, 6) is -1.92. The molecular formula is C12H16N2O6S. The number of primary amides is 1. The highest BCUT2D eigenvalue weighted by atomic mass is 32.2. The van der Waals surface area contributed by atoms with Crippen LogP contribution in [0.25, 0.3) is 0 Å². The number of benzene rings is 1. The fourth-order valence-corrected chi connectivity index (χ4v) is 3.13. The lowest BCUT2D eigenvalue weighted by Crippen LogP contribution is -2.35. The van der Waals surface area contributed by atoms with Crippen molar-refractivity contribution in [1.82, 2.24) is 4.72 Å². The molecule has 116 valence electrons. The van der Waals surface area contributed by atoms with Gasteiger partial charge in [0.15, 0.2) is 0 Å². The molecule has 9 heteroatoms. The second kappa shape index (κ2) is 6.55. The number of amides is 1. The Hall–Kier alpha value is -2.13. The summed E-state index contributed by atoms with van der Waals surface area (Å²) < 4.78 is 31.7. The minimum absolute atomic E-state index is 0.00113. The molecule has 0 aromatic heterocycles. The molecular weight excluding hydrogens is 300 g/mol. The molecule has 8 nitrogen and oxygen atoms in total. The number of sulfonamides is 1. The van der Waals surface area contributed by atoms with Gasteiger partial charge in [-0.05, 0) is 25.1 Å². The fourth-order valence-electron chi connectivity index (χ4n) is 1.69. The molecule has 0 bridgehead atoms. The van der Waals surface area contributed by atoms with Gasteiger partial charge in [-0.3, -0.25) is 4.79 Å². The second-order valence-corrected chi connectivity index (χ2v) is 6.05. The molecule has 21 heavy (non-hydrogen) atoms. The van der Waals surface area contributed by atoms with E-state index in [2.05, 4.69) is 4.72 Å². The molecule has 4 N–H and O–H groups in total. The minimum Gasteiger partial charge on any atom is -0.495 e. The summed E-state index contributed by atoms with van der Waals surface area (Å²) in [5, 5.41) is 8.92. The highest BCUT2D eigenvalue weighted by Crippen LogP contribution is 2.25. The summed E-state index contributed by atoms with van der Waals surface area (Å²) >= 11 is 0. The average molecular weight is 316 g/mol. The number of hydrogen-bond acceptors (Lipinski definition) is 5. The van der Waals surface area contributed by atoms with Gasteiger partial charge < -0.3 is 15.6 Å². The minimum atomic E-state index is -4.05. The van der Waals surface area contributed by atoms with E-state index in [4.69, 9.17) is 15.6 Å². The van der Waals surface area contributed by atoms with E-state index in [0.29, 0.717) is 0 Å². The number of hydrogen-bond donors (Lipinski definition) is 3. The maximum absolute atomic E-state index is 12.2. The van der Waals surface area contributed by atoms with Crippen LogP contribution < -0.4 is 15.2 Å². The first kappa shape index (κ1) is 16.9. The molecule has 1 rings (SSSR count). The molecule has 0 fully saturated rings. The zero-order chi connectivity index (χ0) is 16.2. The van der Waals surface area contributed by atoms with Gasteiger partial charge in [0.1, 0.15) is 10.6 Å². The molecule has 1 atom stereocenters. The van der Waals surface area contributed by atoms with Crippen LogP contribution in [0.2, 0.25) is 0 Å². The van der Waals surface area contributed by atoms with E-state index in [1.807, 2.05) is 0 Å². The summed E-state index contributed by atoms with van der Waals surface area (Å²) in [7, 11) is -2.78. The second-order valence-electron chi connectivity index (χ2n) is 4.36. The van der Waals surface area contributed by atoms with Crippen molar-refractivity contribution < 1.29 is 27.9 Å². The molecule has 0 saturated heterocycles. The molecule has 0 saturated carbocycles. The van der Waals surface area contributed by atoms with Gasteiger partial charge in [-0.1, -0.05) is 0 Å². The van der Waals surface area contributed by atoms with Gasteiger partial charge in [0.25, 0.3) is 0 Å². The molecule has 1 amide bonds. The number of ether oxygens (including phenoxy) is 1. The van der Waals surface area contributed by atoms with Gasteiger partial charge in [-0.2, -0.15) is 0 Å². The smallest absolute Gasteiger partial charge is 0.335 e. The Labute approximate surface area is 122 Å². The number of carbonyl (C=O) groups is 2. The monoisotopic (exact) mass is 316 g/mol. The Kier molecular flexibility index (Phi) is 5.28. The van der Waals surface area contributed by atoms with E-state index >= 15 is 0 Å². The van der Waals surface area contributed by atoms with Gasteiger partial charge in [-0.15, -0.1) is 0 Å². The van der Waals surface area contributed by atoms with Crippen LogP contribution in [0.5, 0.6) is 5.75 Å². The van der Waals surface area contributed by atoms with E-state index < -0.39 is 27.9 Å². The van der Waals surface area contributed by atoms with Crippen molar-refractivity contribution in [3.05, 3.63) is 23.8 Å². The third-order valence-corrected chi connectivity index (χ3v) is 4.17. The molecule has 1 aromatic rings. The van der Waals surface area contributed by atoms with E-state index in [9.17, 15) is 18.0 Å². The first-order valence-electron chi connectivity index (χ1n) is 5.89. The number of nitrogens with two attached hydrogens (primary N) is 1. The summed E-state index contributed by atoms with van der Waals surface area (Å²) in [4.78, 5) is 21.4. The van der Waals surface area contributed by atoms with Gasteiger partial charge in [0, 0.05) is 12.5 Å². The fraction of sp³-hybridized carbons (Fsp3) is 0.333. The zero-order valence-electron chi connectivity index (χ0n) is 11.5. The summed E-state index contributed by atoms with van der Waals surface area (Å²) in [6.45, 7) is 1.47. The Balaban J connectivity index is 3.19. The van der Waals surface area contributed by atoms with Crippen molar-refractivity contribution in [2.75, 3.05) is 7.11 Å². The van der Waals surface area contributed by atoms with Crippen LogP contribution in [-0.4, -0.2) is 38.6 Å². The molecule has 0 spiro atoms. The highest BCUT2D eigenvalue weighted by molar-refractivity contribution is 7.89. The number of carbonyl (C=O) groups excluding carboxylic acids is 1. The first-order chi connectivity index (χ1) is 9.67. The van der Waals surface area contributed by atoms with Crippen LogP contribution in [-0.2, 0) is 14.8 Å². The Morgan fingerprint density at radius 2 is 2.05 bits per heavy atom. The van der Waals surface area contributed by atoms with Crippen LogP contribution in [0.1, 0.15) is 23.7 Å². The van der Waals surface area contributed by atoms with Crippen LogP contribution in [0.15, 0.2) is 23.1 Å². The molecule has 0 aliphatic carbocycles. The lowest BCUT2D eigenvalue weighted by molar-refractivity contribution is -0.118. The van der Waals surface area contributed by atoms with Crippen LogP contribution in [0.3, 0.4) is 0 Å². The maximum atomic E-state index is 12.2. The van der Waals surface area contributed by atoms with E-state index in [0.717, 1.165) is 6.07 Å². The highest BCUT2D eigenvalue weighted by Gasteiger charge is 2.24. The summed E-state index contributed by atoms with van der Waals surface area (Å²) in [5.41, 5.74) is 4.80. The predicted molar refractivity (Wildman–Crippen MR) is 73.5 cm³/mol. The number of aromatic carboxylic acids is 1. The maximum Gasteiger partial charge on any atom is 0.335 e. The predicted octanol–water partition coefficient (Wildman–Crippen LogP) is -0.0644. The van der Waals surface area contributed by atoms with Gasteiger partial charge in [0.05, 0.1) is 12.7 Å². The van der Waals surface area contributed by atoms with Crippen molar-refractivity contribution >= 4 is 21.9 Å². The topological polar surface area (TPSA) is 136 Å². The number of rotatable bonds is 7. The molecule has 1 unspecified atom stereocenters. The standard InChI is InChI=1S/C12H16N2O6S/c1-7(5-11(13)15)14-21(18,19)10-6-8(12(16)17)3-4-9(10)20-2/h3-4,6-7,14H,5H2,1-2H3,(H2,13,15)(H,16,17). The normalized spacial score (nSPS) is 12.7. The van der Waals surface area contributed by atoms with Crippen LogP contribution in [0.4, 0.5) is 0 Å². The quantitative estimate of drug-likeness (QED) is 0.644. The summed E-state index contributed by atoms with van der Waals surface area (Å²) in [6.07, 6.45) is -0.180. The SMILES string of the molecule is COc1ccc(C(=O)O)cc1S(=O)(=O)NC(C)CC(N)=O. The molecule has 1 aromatic carbocycles. The Morgan fingerprint density at radius 3 is 2.52 bits per heavy atom. The van der Waals surface area contributed by atoms with Crippen LogP contribution >= 0.6 is 0 Å². The summed E-state index contributed by atoms with van der Waals surface area (Å²) in [6, 6.07) is 2.73. The molecule has 0 radical (unpaired) electrons. The van der Waals surface area contributed by atoms with Gasteiger partial charge in [-0.25, -0.2) is 17.9 Å². The Morgan fingerprint density at radius 1 is 1.43 bits per heavy atom. The number of carboxylic acids is 1. The van der Waals surface area contributed by atoms with Gasteiger partial charge >= 0.3 is 5.97 Å². The van der Waals surface area contributed by atoms with Gasteiger partial charge in [0.2, 0.25) is 15.9 Å². The third kappa shape index (κ3) is 4.43. The van der Waals surface area contributed by atoms with E-state index in [1.165, 1.54) is 26.2 Å². The van der Waals surface area contributed by atoms with E-state index in [1.54, 1.807) is 0 Å². The van der Waals surface area contributed by atoms with Crippen molar-refractivity contribution in [1.29, 1.82) is 0 Å². The lowest BCUT2D eigenvalue weighted by atomic mass is 10.2.